The standard InChI is InChI=1S/C19H34N6O2S/c1-19(18(21)25-8-12-27-13-9-25)17(20)22-16(28-19)14-23-4-2-15(3-5-23)24-6-10-26-11-7-24/h15,17,21H,2-14,20H2,1H3. The molecule has 3 fully saturated rings. The summed E-state index contributed by atoms with van der Waals surface area (Å²) >= 11 is 1.69. The molecule has 8 nitrogen and oxygen atoms in total. The summed E-state index contributed by atoms with van der Waals surface area (Å²) in [5, 5.41) is 9.81. The second-order valence-corrected chi connectivity index (χ2v) is 9.80. The van der Waals surface area contributed by atoms with Crippen LogP contribution in [0.5, 0.6) is 0 Å². The minimum atomic E-state index is -0.473. The van der Waals surface area contributed by atoms with Crippen molar-refractivity contribution in [1.82, 2.24) is 14.7 Å². The molecule has 4 aliphatic rings. The van der Waals surface area contributed by atoms with E-state index in [1.807, 2.05) is 0 Å². The summed E-state index contributed by atoms with van der Waals surface area (Å²) in [6, 6.07) is 0.695. The maximum absolute atomic E-state index is 8.72. The number of likely N-dealkylation sites (tertiary alicyclic amines) is 1. The van der Waals surface area contributed by atoms with E-state index in [0.29, 0.717) is 25.1 Å². The zero-order chi connectivity index (χ0) is 19.6. The van der Waals surface area contributed by atoms with Gasteiger partial charge in [-0.05, 0) is 19.8 Å². The summed E-state index contributed by atoms with van der Waals surface area (Å²) in [6.07, 6.45) is 2.07. The quantitative estimate of drug-likeness (QED) is 0.508. The lowest BCUT2D eigenvalue weighted by molar-refractivity contribution is 0.00216. The Morgan fingerprint density at radius 2 is 1.71 bits per heavy atom. The van der Waals surface area contributed by atoms with Crippen molar-refractivity contribution in [3.63, 3.8) is 0 Å². The van der Waals surface area contributed by atoms with Crippen LogP contribution in [-0.4, -0.2) is 115 Å². The fourth-order valence-corrected chi connectivity index (χ4v) is 5.85. The second-order valence-electron chi connectivity index (χ2n) is 8.28. The third-order valence-corrected chi connectivity index (χ3v) is 7.78. The third kappa shape index (κ3) is 4.39. The molecule has 0 amide bonds. The number of nitrogens with one attached hydrogen (secondary N) is 1. The lowest BCUT2D eigenvalue weighted by Crippen LogP contribution is -2.55. The Morgan fingerprint density at radius 1 is 1.11 bits per heavy atom. The number of hydrogen-bond acceptors (Lipinski definition) is 8. The van der Waals surface area contributed by atoms with E-state index in [1.54, 1.807) is 11.8 Å². The number of nitrogens with two attached hydrogens (primary N) is 1. The van der Waals surface area contributed by atoms with Gasteiger partial charge >= 0.3 is 0 Å². The lowest BCUT2D eigenvalue weighted by atomic mass is 10.0. The van der Waals surface area contributed by atoms with Crippen LogP contribution in [0.15, 0.2) is 4.99 Å². The average molecular weight is 411 g/mol. The van der Waals surface area contributed by atoms with E-state index in [2.05, 4.69) is 21.6 Å². The molecule has 3 N–H and O–H groups in total. The molecule has 2 unspecified atom stereocenters. The normalized spacial score (nSPS) is 33.9. The highest BCUT2D eigenvalue weighted by molar-refractivity contribution is 8.16. The summed E-state index contributed by atoms with van der Waals surface area (Å²) in [5.41, 5.74) is 6.39. The van der Waals surface area contributed by atoms with Gasteiger partial charge in [0.2, 0.25) is 0 Å². The molecule has 0 bridgehead atoms. The Bertz CT molecular complexity index is 585. The molecule has 9 heteroatoms. The Balaban J connectivity index is 1.28. The monoisotopic (exact) mass is 410 g/mol. The number of hydrogen-bond donors (Lipinski definition) is 2. The fourth-order valence-electron chi connectivity index (χ4n) is 4.55. The highest BCUT2D eigenvalue weighted by Crippen LogP contribution is 2.38. The van der Waals surface area contributed by atoms with E-state index in [9.17, 15) is 0 Å². The molecule has 0 radical (unpaired) electrons. The van der Waals surface area contributed by atoms with Gasteiger partial charge in [0, 0.05) is 51.9 Å². The molecule has 158 valence electrons. The van der Waals surface area contributed by atoms with E-state index >= 15 is 0 Å². The molecule has 4 heterocycles. The molecule has 0 spiro atoms. The molecule has 28 heavy (non-hydrogen) atoms. The number of rotatable bonds is 4. The second kappa shape index (κ2) is 8.97. The molecular weight excluding hydrogens is 376 g/mol. The van der Waals surface area contributed by atoms with Gasteiger partial charge in [0.15, 0.2) is 0 Å². The number of morpholine rings is 2. The highest BCUT2D eigenvalue weighted by Gasteiger charge is 2.46. The van der Waals surface area contributed by atoms with Crippen molar-refractivity contribution in [2.45, 2.75) is 36.7 Å². The molecule has 0 aromatic rings. The van der Waals surface area contributed by atoms with Gasteiger partial charge < -0.3 is 20.1 Å². The van der Waals surface area contributed by atoms with Gasteiger partial charge in [0.05, 0.1) is 31.5 Å². The minimum Gasteiger partial charge on any atom is -0.379 e. The van der Waals surface area contributed by atoms with Gasteiger partial charge in [-0.1, -0.05) is 11.8 Å². The van der Waals surface area contributed by atoms with E-state index in [1.165, 1.54) is 12.8 Å². The largest absolute Gasteiger partial charge is 0.379 e. The van der Waals surface area contributed by atoms with Gasteiger partial charge in [-0.3, -0.25) is 20.2 Å². The van der Waals surface area contributed by atoms with Crippen molar-refractivity contribution >= 4 is 22.6 Å². The van der Waals surface area contributed by atoms with Gasteiger partial charge in [0.1, 0.15) is 16.7 Å². The Morgan fingerprint density at radius 3 is 2.36 bits per heavy atom. The SMILES string of the molecule is CC1(C(=N)N2CCOCC2)SC(CN2CCC(N3CCOCC3)CC2)=NC1N. The van der Waals surface area contributed by atoms with E-state index in [-0.39, 0.29) is 6.17 Å². The Hall–Kier alpha value is -0.710. The van der Waals surface area contributed by atoms with Crippen LogP contribution >= 0.6 is 11.8 Å². The van der Waals surface area contributed by atoms with Crippen LogP contribution in [0.4, 0.5) is 0 Å². The number of amidine groups is 1. The van der Waals surface area contributed by atoms with Gasteiger partial charge in [-0.2, -0.15) is 0 Å². The number of ether oxygens (including phenoxy) is 2. The van der Waals surface area contributed by atoms with Crippen LogP contribution in [0.1, 0.15) is 19.8 Å². The molecule has 0 aromatic carbocycles. The Kier molecular flexibility index (Phi) is 6.59. The molecule has 4 rings (SSSR count). The van der Waals surface area contributed by atoms with E-state index in [0.717, 1.165) is 64.1 Å². The zero-order valence-electron chi connectivity index (χ0n) is 16.9. The molecule has 0 aromatic heterocycles. The van der Waals surface area contributed by atoms with Crippen molar-refractivity contribution in [1.29, 1.82) is 5.41 Å². The zero-order valence-corrected chi connectivity index (χ0v) is 17.8. The molecular formula is C19H34N6O2S. The maximum Gasteiger partial charge on any atom is 0.120 e. The van der Waals surface area contributed by atoms with Gasteiger partial charge in [-0.25, -0.2) is 0 Å². The first kappa shape index (κ1) is 20.6. The topological polar surface area (TPSA) is 90.4 Å². The van der Waals surface area contributed by atoms with Crippen LogP contribution in [0.25, 0.3) is 0 Å². The Labute approximate surface area is 172 Å². The predicted octanol–water partition coefficient (Wildman–Crippen LogP) is 0.281. The maximum atomic E-state index is 8.72. The summed E-state index contributed by atoms with van der Waals surface area (Å²) < 4.78 is 10.4. The average Bonchev–Trinajstić information content (AvgIpc) is 3.03. The van der Waals surface area contributed by atoms with Crippen molar-refractivity contribution < 1.29 is 9.47 Å². The lowest BCUT2D eigenvalue weighted by Gasteiger charge is -2.40. The number of piperidine rings is 1. The van der Waals surface area contributed by atoms with Crippen LogP contribution in [-0.2, 0) is 9.47 Å². The highest BCUT2D eigenvalue weighted by atomic mass is 32.2. The van der Waals surface area contributed by atoms with Crippen molar-refractivity contribution in [2.24, 2.45) is 10.7 Å². The third-order valence-electron chi connectivity index (χ3n) is 6.45. The summed E-state index contributed by atoms with van der Waals surface area (Å²) in [4.78, 5) is 11.9. The predicted molar refractivity (Wildman–Crippen MR) is 113 cm³/mol. The molecule has 4 aliphatic heterocycles. The summed E-state index contributed by atoms with van der Waals surface area (Å²) in [5.74, 6) is 0.595. The smallest absolute Gasteiger partial charge is 0.120 e. The van der Waals surface area contributed by atoms with E-state index in [4.69, 9.17) is 25.6 Å². The fraction of sp³-hybridized carbons (Fsp3) is 0.895. The first-order valence-corrected chi connectivity index (χ1v) is 11.3. The number of aliphatic imine (C=N–C) groups is 1. The number of thioether (sulfide) groups is 1. The van der Waals surface area contributed by atoms with E-state index < -0.39 is 4.75 Å². The molecule has 2 atom stereocenters. The molecule has 0 saturated carbocycles. The van der Waals surface area contributed by atoms with Crippen LogP contribution in [0, 0.1) is 5.41 Å². The molecule has 0 aliphatic carbocycles. The van der Waals surface area contributed by atoms with Crippen molar-refractivity contribution in [3.05, 3.63) is 0 Å². The van der Waals surface area contributed by atoms with Crippen LogP contribution in [0.3, 0.4) is 0 Å². The number of nitrogens with zero attached hydrogens (tertiary/aromatic N) is 4. The first-order valence-electron chi connectivity index (χ1n) is 10.5. The first-order chi connectivity index (χ1) is 13.6. The van der Waals surface area contributed by atoms with Gasteiger partial charge in [0.25, 0.3) is 0 Å². The van der Waals surface area contributed by atoms with Crippen molar-refractivity contribution in [2.75, 3.05) is 72.2 Å². The minimum absolute atomic E-state index is 0.353. The van der Waals surface area contributed by atoms with Crippen LogP contribution < -0.4 is 5.73 Å². The van der Waals surface area contributed by atoms with Crippen LogP contribution in [0.2, 0.25) is 0 Å². The summed E-state index contributed by atoms with van der Waals surface area (Å²) in [6.45, 7) is 11.9. The molecule has 3 saturated heterocycles. The van der Waals surface area contributed by atoms with Crippen molar-refractivity contribution in [3.8, 4) is 0 Å². The van der Waals surface area contributed by atoms with Gasteiger partial charge in [-0.15, -0.1) is 0 Å². The summed E-state index contributed by atoms with van der Waals surface area (Å²) in [7, 11) is 0.